The quantitative estimate of drug-likeness (QED) is 0.706. The van der Waals surface area contributed by atoms with Crippen LogP contribution in [-0.2, 0) is 14.8 Å². The van der Waals surface area contributed by atoms with Crippen molar-refractivity contribution in [1.29, 1.82) is 0 Å². The van der Waals surface area contributed by atoms with Crippen molar-refractivity contribution >= 4 is 62.1 Å². The Kier molecular flexibility index (Phi) is 6.80. The third kappa shape index (κ3) is 5.04. The average molecular weight is 436 g/mol. The minimum Gasteiger partial charge on any atom is -0.323 e. The van der Waals surface area contributed by atoms with Crippen LogP contribution in [0.5, 0.6) is 0 Å². The number of halogens is 3. The van der Waals surface area contributed by atoms with Crippen molar-refractivity contribution in [3.8, 4) is 0 Å². The second-order valence-electron chi connectivity index (χ2n) is 5.57. The number of nitrogens with one attached hydrogen (secondary N) is 1. The number of amides is 1. The van der Waals surface area contributed by atoms with E-state index in [9.17, 15) is 13.2 Å². The molecule has 0 spiro atoms. The molecule has 2 aromatic rings. The lowest BCUT2D eigenvalue weighted by molar-refractivity contribution is -0.117. The largest absolute Gasteiger partial charge is 0.323 e. The Bertz CT molecular complexity index is 902. The first-order valence-electron chi connectivity index (χ1n) is 7.64. The lowest BCUT2D eigenvalue weighted by atomic mass is 10.2. The van der Waals surface area contributed by atoms with Crippen LogP contribution in [0, 0.1) is 0 Å². The van der Waals surface area contributed by atoms with E-state index in [1.165, 1.54) is 6.07 Å². The first kappa shape index (κ1) is 20.8. The summed E-state index contributed by atoms with van der Waals surface area (Å²) in [6.07, 6.45) is 1.30. The van der Waals surface area contributed by atoms with Crippen molar-refractivity contribution in [2.45, 2.75) is 19.4 Å². The van der Waals surface area contributed by atoms with Crippen molar-refractivity contribution in [2.75, 3.05) is 15.9 Å². The monoisotopic (exact) mass is 434 g/mol. The second kappa shape index (κ2) is 8.48. The van der Waals surface area contributed by atoms with Gasteiger partial charge in [-0.05, 0) is 48.9 Å². The molecule has 0 saturated carbocycles. The maximum atomic E-state index is 12.8. The second-order valence-corrected chi connectivity index (χ2v) is 8.71. The van der Waals surface area contributed by atoms with Gasteiger partial charge in [0, 0.05) is 10.0 Å². The summed E-state index contributed by atoms with van der Waals surface area (Å²) in [5, 5.41) is 3.81. The Hall–Kier alpha value is -1.47. The van der Waals surface area contributed by atoms with Gasteiger partial charge in [0.15, 0.2) is 0 Å². The SMILES string of the molecule is CC[C@@H](C(=O)Nc1cc(Cl)ccc1Cl)N(c1ccc(Cl)cc1)S(C)(=O)=O. The maximum absolute atomic E-state index is 12.8. The van der Waals surface area contributed by atoms with Crippen molar-refractivity contribution in [3.05, 3.63) is 57.5 Å². The Morgan fingerprint density at radius 2 is 1.65 bits per heavy atom. The van der Waals surface area contributed by atoms with Crippen LogP contribution in [0.25, 0.3) is 0 Å². The van der Waals surface area contributed by atoms with Gasteiger partial charge in [-0.25, -0.2) is 8.42 Å². The lowest BCUT2D eigenvalue weighted by Gasteiger charge is -2.30. The zero-order valence-electron chi connectivity index (χ0n) is 14.0. The van der Waals surface area contributed by atoms with Gasteiger partial charge in [-0.15, -0.1) is 0 Å². The molecule has 0 unspecified atom stereocenters. The van der Waals surface area contributed by atoms with Crippen LogP contribution in [0.15, 0.2) is 42.5 Å². The predicted octanol–water partition coefficient (Wildman–Crippen LogP) is 4.83. The van der Waals surface area contributed by atoms with Gasteiger partial charge in [-0.1, -0.05) is 41.7 Å². The van der Waals surface area contributed by atoms with E-state index >= 15 is 0 Å². The fourth-order valence-corrected chi connectivity index (χ4v) is 4.13. The maximum Gasteiger partial charge on any atom is 0.248 e. The zero-order valence-corrected chi connectivity index (χ0v) is 17.1. The summed E-state index contributed by atoms with van der Waals surface area (Å²) in [5.41, 5.74) is 0.656. The fraction of sp³-hybridized carbons (Fsp3) is 0.235. The van der Waals surface area contributed by atoms with Gasteiger partial charge in [-0.3, -0.25) is 9.10 Å². The molecule has 1 amide bonds. The molecule has 0 radical (unpaired) electrons. The van der Waals surface area contributed by atoms with E-state index in [1.54, 1.807) is 43.3 Å². The third-order valence-corrected chi connectivity index (χ3v) is 5.59. The number of hydrogen-bond donors (Lipinski definition) is 1. The molecule has 0 heterocycles. The number of hydrogen-bond acceptors (Lipinski definition) is 3. The molecule has 1 atom stereocenters. The third-order valence-electron chi connectivity index (χ3n) is 3.60. The molecule has 0 aliphatic rings. The molecule has 2 rings (SSSR count). The average Bonchev–Trinajstić information content (AvgIpc) is 2.56. The molecule has 0 aliphatic carbocycles. The fourth-order valence-electron chi connectivity index (χ4n) is 2.46. The smallest absolute Gasteiger partial charge is 0.248 e. The first-order chi connectivity index (χ1) is 12.1. The van der Waals surface area contributed by atoms with E-state index in [0.29, 0.717) is 26.4 Å². The van der Waals surface area contributed by atoms with Crippen LogP contribution < -0.4 is 9.62 Å². The normalized spacial score (nSPS) is 12.5. The molecule has 26 heavy (non-hydrogen) atoms. The predicted molar refractivity (Wildman–Crippen MR) is 108 cm³/mol. The van der Waals surface area contributed by atoms with Gasteiger partial charge >= 0.3 is 0 Å². The first-order valence-corrected chi connectivity index (χ1v) is 10.6. The highest BCUT2D eigenvalue weighted by molar-refractivity contribution is 7.92. The molecule has 0 aromatic heterocycles. The van der Waals surface area contributed by atoms with E-state index in [-0.39, 0.29) is 6.42 Å². The van der Waals surface area contributed by atoms with Crippen LogP contribution in [0.1, 0.15) is 13.3 Å². The van der Waals surface area contributed by atoms with Crippen molar-refractivity contribution < 1.29 is 13.2 Å². The Morgan fingerprint density at radius 1 is 1.08 bits per heavy atom. The number of carbonyl (C=O) groups is 1. The van der Waals surface area contributed by atoms with Crippen LogP contribution in [0.4, 0.5) is 11.4 Å². The van der Waals surface area contributed by atoms with Crippen LogP contribution in [0.2, 0.25) is 15.1 Å². The van der Waals surface area contributed by atoms with Crippen LogP contribution >= 0.6 is 34.8 Å². The van der Waals surface area contributed by atoms with Gasteiger partial charge in [0.25, 0.3) is 0 Å². The van der Waals surface area contributed by atoms with E-state index in [0.717, 1.165) is 10.6 Å². The number of benzene rings is 2. The number of rotatable bonds is 6. The van der Waals surface area contributed by atoms with E-state index < -0.39 is 22.0 Å². The molecule has 9 heteroatoms. The molecular weight excluding hydrogens is 419 g/mol. The minimum absolute atomic E-state index is 0.250. The molecule has 0 bridgehead atoms. The summed E-state index contributed by atoms with van der Waals surface area (Å²) < 4.78 is 25.8. The molecule has 2 aromatic carbocycles. The van der Waals surface area contributed by atoms with Crippen molar-refractivity contribution in [2.24, 2.45) is 0 Å². The van der Waals surface area contributed by atoms with E-state index in [4.69, 9.17) is 34.8 Å². The Labute approximate surface area is 167 Å². The number of sulfonamides is 1. The number of nitrogens with zero attached hydrogens (tertiary/aromatic N) is 1. The zero-order chi connectivity index (χ0) is 19.5. The van der Waals surface area contributed by atoms with Gasteiger partial charge in [0.05, 0.1) is 22.7 Å². The highest BCUT2D eigenvalue weighted by atomic mass is 35.5. The highest BCUT2D eigenvalue weighted by Gasteiger charge is 2.31. The summed E-state index contributed by atoms with van der Waals surface area (Å²) in [4.78, 5) is 12.8. The molecular formula is C17H17Cl3N2O3S. The number of carbonyl (C=O) groups excluding carboxylic acids is 1. The van der Waals surface area contributed by atoms with E-state index in [1.807, 2.05) is 0 Å². The van der Waals surface area contributed by atoms with Gasteiger partial charge < -0.3 is 5.32 Å². The standard InChI is InChI=1S/C17H17Cl3N2O3S/c1-3-16(17(23)21-15-10-12(19)6-9-14(15)20)22(26(2,24)25)13-7-4-11(18)5-8-13/h4-10,16H,3H2,1-2H3,(H,21,23)/t16-/m0/s1. The van der Waals surface area contributed by atoms with Gasteiger partial charge in [0.1, 0.15) is 6.04 Å². The molecule has 0 saturated heterocycles. The summed E-state index contributed by atoms with van der Waals surface area (Å²) in [6.45, 7) is 1.72. The molecule has 1 N–H and O–H groups in total. The molecule has 0 fully saturated rings. The van der Waals surface area contributed by atoms with Crippen molar-refractivity contribution in [3.63, 3.8) is 0 Å². The van der Waals surface area contributed by atoms with Crippen molar-refractivity contribution in [1.82, 2.24) is 0 Å². The molecule has 140 valence electrons. The number of anilines is 2. The topological polar surface area (TPSA) is 66.5 Å². The summed E-state index contributed by atoms with van der Waals surface area (Å²) >= 11 is 17.9. The van der Waals surface area contributed by atoms with Crippen LogP contribution in [-0.4, -0.2) is 26.6 Å². The van der Waals surface area contributed by atoms with Gasteiger partial charge in [0.2, 0.25) is 15.9 Å². The summed E-state index contributed by atoms with van der Waals surface area (Å²) in [5.74, 6) is -0.517. The Morgan fingerprint density at radius 3 is 2.19 bits per heavy atom. The minimum atomic E-state index is -3.73. The highest BCUT2D eigenvalue weighted by Crippen LogP contribution is 2.28. The van der Waals surface area contributed by atoms with E-state index in [2.05, 4.69) is 5.32 Å². The lowest BCUT2D eigenvalue weighted by Crippen LogP contribution is -2.47. The molecule has 0 aliphatic heterocycles. The molecule has 5 nitrogen and oxygen atoms in total. The van der Waals surface area contributed by atoms with Gasteiger partial charge in [-0.2, -0.15) is 0 Å². The van der Waals surface area contributed by atoms with Crippen LogP contribution in [0.3, 0.4) is 0 Å². The Balaban J connectivity index is 2.39. The summed E-state index contributed by atoms with van der Waals surface area (Å²) in [7, 11) is -3.73. The summed E-state index contributed by atoms with van der Waals surface area (Å²) in [6, 6.07) is 9.89.